The van der Waals surface area contributed by atoms with Crippen LogP contribution >= 0.6 is 0 Å². The molecular weight excluding hydrogens is 292 g/mol. The number of benzene rings is 1. The highest BCUT2D eigenvalue weighted by atomic mass is 16.5. The molecule has 0 saturated carbocycles. The highest BCUT2D eigenvalue weighted by Gasteiger charge is 2.18. The van der Waals surface area contributed by atoms with Gasteiger partial charge in [-0.1, -0.05) is 6.07 Å². The van der Waals surface area contributed by atoms with E-state index in [1.165, 1.54) is 0 Å². The second-order valence-corrected chi connectivity index (χ2v) is 5.32. The molecule has 23 heavy (non-hydrogen) atoms. The third-order valence-electron chi connectivity index (χ3n) is 3.40. The predicted molar refractivity (Wildman–Crippen MR) is 87.9 cm³/mol. The average molecular weight is 312 g/mol. The van der Waals surface area contributed by atoms with Crippen molar-refractivity contribution < 1.29 is 9.53 Å². The van der Waals surface area contributed by atoms with Crippen LogP contribution < -0.4 is 10.1 Å². The molecule has 0 aliphatic rings. The van der Waals surface area contributed by atoms with Gasteiger partial charge in [0, 0.05) is 31.0 Å². The van der Waals surface area contributed by atoms with E-state index in [2.05, 4.69) is 11.4 Å². The lowest BCUT2D eigenvalue weighted by Gasteiger charge is -2.13. The first-order valence-corrected chi connectivity index (χ1v) is 7.25. The molecular formula is C17H20N4O2. The molecule has 6 heteroatoms. The van der Waals surface area contributed by atoms with Crippen molar-refractivity contribution in [3.8, 4) is 17.5 Å². The summed E-state index contributed by atoms with van der Waals surface area (Å²) in [7, 11) is 5.46. The van der Waals surface area contributed by atoms with Crippen molar-refractivity contribution in [1.29, 1.82) is 5.26 Å². The van der Waals surface area contributed by atoms with E-state index in [0.29, 0.717) is 23.6 Å². The van der Waals surface area contributed by atoms with E-state index in [-0.39, 0.29) is 5.91 Å². The number of carbonyl (C=O) groups excluding carboxylic acids is 1. The minimum Gasteiger partial charge on any atom is -0.497 e. The number of ether oxygens (including phenoxy) is 1. The van der Waals surface area contributed by atoms with Crippen molar-refractivity contribution in [1.82, 2.24) is 14.8 Å². The van der Waals surface area contributed by atoms with Gasteiger partial charge in [-0.3, -0.25) is 4.79 Å². The number of nitriles is 1. The zero-order valence-electron chi connectivity index (χ0n) is 13.5. The lowest BCUT2D eigenvalue weighted by molar-refractivity contribution is 0.0944. The van der Waals surface area contributed by atoms with Gasteiger partial charge >= 0.3 is 0 Å². The Balaban J connectivity index is 2.33. The monoisotopic (exact) mass is 312 g/mol. The molecule has 0 spiro atoms. The Morgan fingerprint density at radius 2 is 2.17 bits per heavy atom. The van der Waals surface area contributed by atoms with Crippen LogP contribution in [-0.2, 0) is 0 Å². The smallest absolute Gasteiger partial charge is 0.269 e. The van der Waals surface area contributed by atoms with Crippen molar-refractivity contribution in [3.63, 3.8) is 0 Å². The largest absolute Gasteiger partial charge is 0.497 e. The molecule has 0 fully saturated rings. The maximum absolute atomic E-state index is 12.5. The fourth-order valence-electron chi connectivity index (χ4n) is 2.21. The molecule has 1 aromatic carbocycles. The van der Waals surface area contributed by atoms with Gasteiger partial charge in [-0.2, -0.15) is 5.26 Å². The third kappa shape index (κ3) is 3.90. The Bertz CT molecular complexity index is 728. The lowest BCUT2D eigenvalue weighted by Crippen LogP contribution is -2.32. The molecule has 2 aromatic rings. The van der Waals surface area contributed by atoms with Crippen LogP contribution in [0.4, 0.5) is 0 Å². The first-order chi connectivity index (χ1) is 11.1. The fourth-order valence-corrected chi connectivity index (χ4v) is 2.21. The van der Waals surface area contributed by atoms with Crippen molar-refractivity contribution in [2.24, 2.45) is 0 Å². The van der Waals surface area contributed by atoms with Gasteiger partial charge in [0.05, 0.1) is 12.7 Å². The normalized spacial score (nSPS) is 10.4. The van der Waals surface area contributed by atoms with E-state index < -0.39 is 0 Å². The molecule has 1 amide bonds. The SMILES string of the molecule is COc1cccc(-n2ccc(C#N)c2C(=O)NCCN(C)C)c1. The van der Waals surface area contributed by atoms with Crippen LogP contribution in [0.15, 0.2) is 36.5 Å². The van der Waals surface area contributed by atoms with Gasteiger partial charge in [-0.15, -0.1) is 0 Å². The zero-order chi connectivity index (χ0) is 16.8. The van der Waals surface area contributed by atoms with Crippen molar-refractivity contribution in [2.75, 3.05) is 34.3 Å². The van der Waals surface area contributed by atoms with E-state index in [1.54, 1.807) is 23.9 Å². The number of likely N-dealkylation sites (N-methyl/N-ethyl adjacent to an activating group) is 1. The summed E-state index contributed by atoms with van der Waals surface area (Å²) in [5, 5.41) is 12.1. The molecule has 0 atom stereocenters. The molecule has 2 rings (SSSR count). The Kier molecular flexibility index (Phi) is 5.39. The predicted octanol–water partition coefficient (Wildman–Crippen LogP) is 1.65. The summed E-state index contributed by atoms with van der Waals surface area (Å²) in [5.41, 5.74) is 1.44. The zero-order valence-corrected chi connectivity index (χ0v) is 13.5. The van der Waals surface area contributed by atoms with Gasteiger partial charge in [0.15, 0.2) is 0 Å². The maximum Gasteiger partial charge on any atom is 0.269 e. The molecule has 6 nitrogen and oxygen atoms in total. The van der Waals surface area contributed by atoms with Gasteiger partial charge in [0.2, 0.25) is 0 Å². The van der Waals surface area contributed by atoms with E-state index in [1.807, 2.05) is 43.3 Å². The van der Waals surface area contributed by atoms with Gasteiger partial charge in [0.25, 0.3) is 5.91 Å². The van der Waals surface area contributed by atoms with Crippen molar-refractivity contribution in [3.05, 3.63) is 47.8 Å². The number of nitrogens with one attached hydrogen (secondary N) is 1. The number of hydrogen-bond acceptors (Lipinski definition) is 4. The Morgan fingerprint density at radius 1 is 1.39 bits per heavy atom. The van der Waals surface area contributed by atoms with Gasteiger partial charge in [-0.25, -0.2) is 0 Å². The Hall–Kier alpha value is -2.78. The van der Waals surface area contributed by atoms with Crippen LogP contribution in [0, 0.1) is 11.3 Å². The molecule has 1 heterocycles. The van der Waals surface area contributed by atoms with Crippen LogP contribution in [0.5, 0.6) is 5.75 Å². The lowest BCUT2D eigenvalue weighted by atomic mass is 10.2. The topological polar surface area (TPSA) is 70.3 Å². The van der Waals surface area contributed by atoms with Crippen molar-refractivity contribution >= 4 is 5.91 Å². The molecule has 0 radical (unpaired) electrons. The second-order valence-electron chi connectivity index (χ2n) is 5.32. The molecule has 0 bridgehead atoms. The van der Waals surface area contributed by atoms with Crippen molar-refractivity contribution in [2.45, 2.75) is 0 Å². The maximum atomic E-state index is 12.5. The molecule has 0 aliphatic carbocycles. The summed E-state index contributed by atoms with van der Waals surface area (Å²) in [4.78, 5) is 14.5. The van der Waals surface area contributed by atoms with Crippen LogP contribution in [0.25, 0.3) is 5.69 Å². The number of hydrogen-bond donors (Lipinski definition) is 1. The Morgan fingerprint density at radius 3 is 2.83 bits per heavy atom. The molecule has 0 saturated heterocycles. The number of aromatic nitrogens is 1. The van der Waals surface area contributed by atoms with Gasteiger partial charge < -0.3 is 19.5 Å². The number of nitrogens with zero attached hydrogens (tertiary/aromatic N) is 3. The summed E-state index contributed by atoms with van der Waals surface area (Å²) in [6.07, 6.45) is 1.72. The van der Waals surface area contributed by atoms with E-state index in [4.69, 9.17) is 4.74 Å². The molecule has 0 unspecified atom stereocenters. The van der Waals surface area contributed by atoms with Crippen LogP contribution in [0.3, 0.4) is 0 Å². The van der Waals surface area contributed by atoms with E-state index >= 15 is 0 Å². The summed E-state index contributed by atoms with van der Waals surface area (Å²) >= 11 is 0. The summed E-state index contributed by atoms with van der Waals surface area (Å²) in [5.74, 6) is 0.421. The molecule has 0 aliphatic heterocycles. The summed E-state index contributed by atoms with van der Waals surface area (Å²) in [6.45, 7) is 1.24. The third-order valence-corrected chi connectivity index (χ3v) is 3.40. The minimum atomic E-state index is -0.267. The average Bonchev–Trinajstić information content (AvgIpc) is 2.98. The van der Waals surface area contributed by atoms with Crippen LogP contribution in [-0.4, -0.2) is 49.7 Å². The first kappa shape index (κ1) is 16.6. The summed E-state index contributed by atoms with van der Waals surface area (Å²) < 4.78 is 6.92. The highest BCUT2D eigenvalue weighted by Crippen LogP contribution is 2.21. The first-order valence-electron chi connectivity index (χ1n) is 7.25. The molecule has 120 valence electrons. The fraction of sp³-hybridized carbons (Fsp3) is 0.294. The molecule has 1 aromatic heterocycles. The second kappa shape index (κ2) is 7.47. The highest BCUT2D eigenvalue weighted by molar-refractivity contribution is 5.95. The standard InChI is InChI=1S/C17H20N4O2/c1-20(2)10-8-19-17(22)16-13(12-18)7-9-21(16)14-5-4-6-15(11-14)23-3/h4-7,9,11H,8,10H2,1-3H3,(H,19,22). The Labute approximate surface area is 135 Å². The summed E-state index contributed by atoms with van der Waals surface area (Å²) in [6, 6.07) is 11.1. The van der Waals surface area contributed by atoms with Crippen LogP contribution in [0.1, 0.15) is 16.1 Å². The number of methoxy groups -OCH3 is 1. The number of carbonyl (C=O) groups is 1. The van der Waals surface area contributed by atoms with Crippen LogP contribution in [0.2, 0.25) is 0 Å². The molecule has 1 N–H and O–H groups in total. The number of rotatable bonds is 6. The van der Waals surface area contributed by atoms with E-state index in [0.717, 1.165) is 12.2 Å². The number of amides is 1. The van der Waals surface area contributed by atoms with E-state index in [9.17, 15) is 10.1 Å². The van der Waals surface area contributed by atoms with Gasteiger partial charge in [-0.05, 0) is 32.3 Å². The quantitative estimate of drug-likeness (QED) is 0.880. The minimum absolute atomic E-state index is 0.267. The van der Waals surface area contributed by atoms with Gasteiger partial charge in [0.1, 0.15) is 17.5 Å².